The monoisotopic (exact) mass is 242 g/mol. The van der Waals surface area contributed by atoms with Gasteiger partial charge in [-0.25, -0.2) is 4.98 Å². The summed E-state index contributed by atoms with van der Waals surface area (Å²) < 4.78 is 0. The first-order chi connectivity index (χ1) is 8.92. The Morgan fingerprint density at radius 3 is 3.00 bits per heavy atom. The van der Waals surface area contributed by atoms with Crippen molar-refractivity contribution in [2.45, 2.75) is 19.0 Å². The van der Waals surface area contributed by atoms with E-state index in [1.165, 1.54) is 12.1 Å². The highest BCUT2D eigenvalue weighted by atomic mass is 15.2. The molecular formula is C14H18N4. The number of rotatable bonds is 4. The first-order valence-electron chi connectivity index (χ1n) is 6.43. The summed E-state index contributed by atoms with van der Waals surface area (Å²) in [5.74, 6) is 1.01. The molecular weight excluding hydrogens is 224 g/mol. The third kappa shape index (κ3) is 2.54. The number of hydrogen-bond acceptors (Lipinski definition) is 3. The van der Waals surface area contributed by atoms with Gasteiger partial charge in [-0.1, -0.05) is 18.2 Å². The number of imidazole rings is 1. The number of nitrogens with zero attached hydrogens (tertiary/aromatic N) is 2. The van der Waals surface area contributed by atoms with Crippen molar-refractivity contribution in [3.8, 4) is 0 Å². The van der Waals surface area contributed by atoms with E-state index in [-0.39, 0.29) is 0 Å². The average Bonchev–Trinajstić information content (AvgIpc) is 3.09. The van der Waals surface area contributed by atoms with E-state index < -0.39 is 0 Å². The van der Waals surface area contributed by atoms with Crippen LogP contribution in [0.4, 0.5) is 5.69 Å². The maximum absolute atomic E-state index is 4.22. The smallest absolute Gasteiger partial charge is 0.120 e. The van der Waals surface area contributed by atoms with Crippen LogP contribution in [-0.4, -0.2) is 29.1 Å². The second kappa shape index (κ2) is 5.23. The Labute approximate surface area is 107 Å². The minimum Gasteiger partial charge on any atom is -0.370 e. The Morgan fingerprint density at radius 2 is 2.22 bits per heavy atom. The SMILES string of the molecule is c1ccc(N2CCC(NCc3ncc[nH]3)C2)cc1. The maximum Gasteiger partial charge on any atom is 0.120 e. The Balaban J connectivity index is 1.53. The van der Waals surface area contributed by atoms with Crippen LogP contribution in [0.5, 0.6) is 0 Å². The Bertz CT molecular complexity index is 466. The van der Waals surface area contributed by atoms with Crippen LogP contribution < -0.4 is 10.2 Å². The number of aromatic nitrogens is 2. The van der Waals surface area contributed by atoms with E-state index in [0.717, 1.165) is 25.5 Å². The molecule has 1 unspecified atom stereocenters. The van der Waals surface area contributed by atoms with Gasteiger partial charge in [-0.3, -0.25) is 0 Å². The summed E-state index contributed by atoms with van der Waals surface area (Å²) in [4.78, 5) is 9.77. The molecule has 94 valence electrons. The number of nitrogens with one attached hydrogen (secondary N) is 2. The molecule has 4 nitrogen and oxygen atoms in total. The number of H-pyrrole nitrogens is 1. The van der Waals surface area contributed by atoms with Gasteiger partial charge in [0.15, 0.2) is 0 Å². The molecule has 1 aromatic heterocycles. The Hall–Kier alpha value is -1.81. The summed E-state index contributed by atoms with van der Waals surface area (Å²) in [5.41, 5.74) is 1.32. The fourth-order valence-corrected chi connectivity index (χ4v) is 2.44. The highest BCUT2D eigenvalue weighted by Gasteiger charge is 2.21. The van der Waals surface area contributed by atoms with Gasteiger partial charge in [-0.15, -0.1) is 0 Å². The fourth-order valence-electron chi connectivity index (χ4n) is 2.44. The summed E-state index contributed by atoms with van der Waals surface area (Å²) in [6.07, 6.45) is 4.85. The number of para-hydroxylation sites is 1. The lowest BCUT2D eigenvalue weighted by atomic mass is 10.2. The molecule has 2 heterocycles. The van der Waals surface area contributed by atoms with E-state index in [2.05, 4.69) is 50.5 Å². The molecule has 0 aliphatic carbocycles. The van der Waals surface area contributed by atoms with Crippen LogP contribution in [-0.2, 0) is 6.54 Å². The van der Waals surface area contributed by atoms with Crippen LogP contribution >= 0.6 is 0 Å². The minimum absolute atomic E-state index is 0.551. The van der Waals surface area contributed by atoms with Crippen molar-refractivity contribution in [2.75, 3.05) is 18.0 Å². The summed E-state index contributed by atoms with van der Waals surface area (Å²) in [6, 6.07) is 11.2. The quantitative estimate of drug-likeness (QED) is 0.859. The van der Waals surface area contributed by atoms with Crippen molar-refractivity contribution in [1.29, 1.82) is 0 Å². The number of aromatic amines is 1. The first-order valence-corrected chi connectivity index (χ1v) is 6.43. The molecule has 1 atom stereocenters. The van der Waals surface area contributed by atoms with Gasteiger partial charge in [0.1, 0.15) is 5.82 Å². The number of anilines is 1. The molecule has 0 radical (unpaired) electrons. The molecule has 0 amide bonds. The molecule has 4 heteroatoms. The van der Waals surface area contributed by atoms with Crippen molar-refractivity contribution >= 4 is 5.69 Å². The zero-order valence-electron chi connectivity index (χ0n) is 10.3. The molecule has 1 aromatic carbocycles. The second-order valence-electron chi connectivity index (χ2n) is 4.68. The molecule has 1 aliphatic heterocycles. The third-order valence-corrected chi connectivity index (χ3v) is 3.42. The van der Waals surface area contributed by atoms with Crippen LogP contribution in [0.1, 0.15) is 12.2 Å². The van der Waals surface area contributed by atoms with Crippen molar-refractivity contribution < 1.29 is 0 Å². The van der Waals surface area contributed by atoms with Gasteiger partial charge in [0.25, 0.3) is 0 Å². The van der Waals surface area contributed by atoms with Crippen LogP contribution in [0.15, 0.2) is 42.7 Å². The van der Waals surface area contributed by atoms with E-state index >= 15 is 0 Å². The second-order valence-corrected chi connectivity index (χ2v) is 4.68. The number of benzene rings is 1. The zero-order valence-corrected chi connectivity index (χ0v) is 10.3. The van der Waals surface area contributed by atoms with Crippen molar-refractivity contribution in [1.82, 2.24) is 15.3 Å². The minimum atomic E-state index is 0.551. The van der Waals surface area contributed by atoms with Crippen LogP contribution in [0.25, 0.3) is 0 Å². The van der Waals surface area contributed by atoms with Crippen LogP contribution in [0, 0.1) is 0 Å². The largest absolute Gasteiger partial charge is 0.370 e. The number of hydrogen-bond donors (Lipinski definition) is 2. The van der Waals surface area contributed by atoms with Gasteiger partial charge in [-0.05, 0) is 18.6 Å². The summed E-state index contributed by atoms with van der Waals surface area (Å²) >= 11 is 0. The molecule has 2 N–H and O–H groups in total. The normalized spacial score (nSPS) is 19.3. The highest BCUT2D eigenvalue weighted by Crippen LogP contribution is 2.19. The molecule has 0 bridgehead atoms. The van der Waals surface area contributed by atoms with Crippen LogP contribution in [0.3, 0.4) is 0 Å². The molecule has 0 saturated carbocycles. The summed E-state index contributed by atoms with van der Waals surface area (Å²) in [7, 11) is 0. The topological polar surface area (TPSA) is 44.0 Å². The molecule has 3 rings (SSSR count). The molecule has 0 spiro atoms. The van der Waals surface area contributed by atoms with Crippen LogP contribution in [0.2, 0.25) is 0 Å². The fraction of sp³-hybridized carbons (Fsp3) is 0.357. The van der Waals surface area contributed by atoms with E-state index in [4.69, 9.17) is 0 Å². The van der Waals surface area contributed by atoms with Gasteiger partial charge < -0.3 is 15.2 Å². The highest BCUT2D eigenvalue weighted by molar-refractivity contribution is 5.47. The molecule has 1 saturated heterocycles. The summed E-state index contributed by atoms with van der Waals surface area (Å²) in [6.45, 7) is 3.02. The predicted octanol–water partition coefficient (Wildman–Crippen LogP) is 1.78. The Morgan fingerprint density at radius 1 is 1.33 bits per heavy atom. The molecule has 1 fully saturated rings. The maximum atomic E-state index is 4.22. The predicted molar refractivity (Wildman–Crippen MR) is 72.5 cm³/mol. The van der Waals surface area contributed by atoms with Gasteiger partial charge >= 0.3 is 0 Å². The molecule has 18 heavy (non-hydrogen) atoms. The standard InChI is InChI=1S/C14H18N4/c1-2-4-13(5-3-1)18-9-6-12(11-18)17-10-14-15-7-8-16-14/h1-5,7-8,12,17H,6,9-11H2,(H,15,16). The van der Waals surface area contributed by atoms with Crippen molar-refractivity contribution in [3.05, 3.63) is 48.5 Å². The summed E-state index contributed by atoms with van der Waals surface area (Å²) in [5, 5.41) is 3.55. The zero-order chi connectivity index (χ0) is 12.2. The lowest BCUT2D eigenvalue weighted by Crippen LogP contribution is -2.32. The van der Waals surface area contributed by atoms with Gasteiger partial charge in [0.05, 0.1) is 6.54 Å². The lowest BCUT2D eigenvalue weighted by Gasteiger charge is -2.18. The molecule has 1 aliphatic rings. The van der Waals surface area contributed by atoms with Gasteiger partial charge in [-0.2, -0.15) is 0 Å². The van der Waals surface area contributed by atoms with E-state index in [9.17, 15) is 0 Å². The van der Waals surface area contributed by atoms with Gasteiger partial charge in [0, 0.05) is 37.2 Å². The van der Waals surface area contributed by atoms with E-state index in [1.807, 2.05) is 6.20 Å². The van der Waals surface area contributed by atoms with Crippen molar-refractivity contribution in [3.63, 3.8) is 0 Å². The van der Waals surface area contributed by atoms with E-state index in [1.54, 1.807) is 6.20 Å². The average molecular weight is 242 g/mol. The van der Waals surface area contributed by atoms with E-state index in [0.29, 0.717) is 6.04 Å². The van der Waals surface area contributed by atoms with Crippen molar-refractivity contribution in [2.24, 2.45) is 0 Å². The first kappa shape index (κ1) is 11.3. The molecule has 2 aromatic rings. The lowest BCUT2D eigenvalue weighted by molar-refractivity contribution is 0.541. The Kier molecular flexibility index (Phi) is 3.28. The third-order valence-electron chi connectivity index (χ3n) is 3.42. The van der Waals surface area contributed by atoms with Gasteiger partial charge in [0.2, 0.25) is 0 Å².